The third kappa shape index (κ3) is 3.28. The topological polar surface area (TPSA) is 55.1 Å². The number of hydrogen-bond donors (Lipinski definition) is 2. The van der Waals surface area contributed by atoms with Crippen LogP contribution in [-0.2, 0) is 0 Å². The van der Waals surface area contributed by atoms with Gasteiger partial charge in [-0.2, -0.15) is 0 Å². The summed E-state index contributed by atoms with van der Waals surface area (Å²) >= 11 is 0. The first-order valence-electron chi connectivity index (χ1n) is 7.14. The lowest BCUT2D eigenvalue weighted by Gasteiger charge is -2.34. The maximum Gasteiger partial charge on any atom is 0.248 e. The highest BCUT2D eigenvalue weighted by Crippen LogP contribution is 2.31. The quantitative estimate of drug-likeness (QED) is 0.875. The van der Waals surface area contributed by atoms with Crippen LogP contribution in [0.5, 0.6) is 0 Å². The van der Waals surface area contributed by atoms with Gasteiger partial charge >= 0.3 is 0 Å². The molecule has 1 fully saturated rings. The lowest BCUT2D eigenvalue weighted by molar-refractivity contribution is 0.1000. The second-order valence-corrected chi connectivity index (χ2v) is 6.04. The molecule has 3 N–H and O–H groups in total. The molecule has 0 saturated heterocycles. The zero-order chi connectivity index (χ0) is 14.0. The van der Waals surface area contributed by atoms with E-state index in [0.29, 0.717) is 17.5 Å². The summed E-state index contributed by atoms with van der Waals surface area (Å²) in [5, 5.41) is 3.63. The maximum atomic E-state index is 11.1. The van der Waals surface area contributed by atoms with Crippen LogP contribution in [-0.4, -0.2) is 11.9 Å². The highest BCUT2D eigenvalue weighted by Gasteiger charge is 2.25. The predicted molar refractivity (Wildman–Crippen MR) is 79.3 cm³/mol. The molecule has 3 heteroatoms. The van der Waals surface area contributed by atoms with E-state index in [2.05, 4.69) is 19.2 Å². The van der Waals surface area contributed by atoms with E-state index in [4.69, 9.17) is 5.73 Å². The zero-order valence-electron chi connectivity index (χ0n) is 12.1. The molecule has 0 aliphatic heterocycles. The van der Waals surface area contributed by atoms with Gasteiger partial charge < -0.3 is 11.1 Å². The van der Waals surface area contributed by atoms with Crippen molar-refractivity contribution >= 4 is 11.6 Å². The first-order valence-corrected chi connectivity index (χ1v) is 7.14. The molecule has 3 nitrogen and oxygen atoms in total. The molecule has 19 heavy (non-hydrogen) atoms. The molecule has 1 amide bonds. The number of nitrogens with one attached hydrogen (secondary N) is 1. The van der Waals surface area contributed by atoms with Gasteiger partial charge in [-0.25, -0.2) is 0 Å². The fourth-order valence-electron chi connectivity index (χ4n) is 3.06. The molecule has 0 spiro atoms. The second-order valence-electron chi connectivity index (χ2n) is 6.04. The van der Waals surface area contributed by atoms with Crippen LogP contribution in [0.25, 0.3) is 0 Å². The average Bonchev–Trinajstić information content (AvgIpc) is 2.34. The van der Waals surface area contributed by atoms with Gasteiger partial charge in [-0.15, -0.1) is 0 Å². The maximum absolute atomic E-state index is 11.1. The van der Waals surface area contributed by atoms with Gasteiger partial charge in [0.1, 0.15) is 0 Å². The number of amides is 1. The highest BCUT2D eigenvalue weighted by molar-refractivity contribution is 5.93. The van der Waals surface area contributed by atoms with E-state index < -0.39 is 0 Å². The van der Waals surface area contributed by atoms with Crippen LogP contribution in [0.2, 0.25) is 0 Å². The third-order valence-corrected chi connectivity index (χ3v) is 4.28. The van der Waals surface area contributed by atoms with Gasteiger partial charge in [0.05, 0.1) is 0 Å². The number of nitrogens with two attached hydrogens (primary N) is 1. The molecule has 1 aliphatic carbocycles. The number of carbonyl (C=O) groups excluding carboxylic acids is 1. The second kappa shape index (κ2) is 5.64. The SMILES string of the molecule is Cc1cc(C(N)=O)ccc1NC1CCC(C)CC1C. The highest BCUT2D eigenvalue weighted by atomic mass is 16.1. The van der Waals surface area contributed by atoms with Gasteiger partial charge in [-0.3, -0.25) is 4.79 Å². The molecular formula is C16H24N2O. The largest absolute Gasteiger partial charge is 0.382 e. The fraction of sp³-hybridized carbons (Fsp3) is 0.562. The standard InChI is InChI=1S/C16H24N2O/c1-10-4-6-14(11(2)8-10)18-15-7-5-13(16(17)19)9-12(15)3/h5,7,9-11,14,18H,4,6,8H2,1-3H3,(H2,17,19). The summed E-state index contributed by atoms with van der Waals surface area (Å²) in [6.45, 7) is 6.67. The number of hydrogen-bond acceptors (Lipinski definition) is 2. The smallest absolute Gasteiger partial charge is 0.248 e. The lowest BCUT2D eigenvalue weighted by Crippen LogP contribution is -2.33. The minimum absolute atomic E-state index is 0.366. The Morgan fingerprint density at radius 1 is 1.32 bits per heavy atom. The van der Waals surface area contributed by atoms with Crippen molar-refractivity contribution < 1.29 is 4.79 Å². The van der Waals surface area contributed by atoms with Crippen LogP contribution >= 0.6 is 0 Å². The summed E-state index contributed by atoms with van der Waals surface area (Å²) in [4.78, 5) is 11.1. The average molecular weight is 260 g/mol. The van der Waals surface area contributed by atoms with Crippen molar-refractivity contribution in [2.75, 3.05) is 5.32 Å². The van der Waals surface area contributed by atoms with Crippen LogP contribution in [0.3, 0.4) is 0 Å². The zero-order valence-corrected chi connectivity index (χ0v) is 12.1. The number of carbonyl (C=O) groups is 1. The minimum atomic E-state index is -0.366. The van der Waals surface area contributed by atoms with E-state index >= 15 is 0 Å². The molecule has 1 aliphatic rings. The van der Waals surface area contributed by atoms with Crippen molar-refractivity contribution in [3.63, 3.8) is 0 Å². The summed E-state index contributed by atoms with van der Waals surface area (Å²) in [5.41, 5.74) is 8.08. The summed E-state index contributed by atoms with van der Waals surface area (Å²) in [6, 6.07) is 6.17. The van der Waals surface area contributed by atoms with Crippen molar-refractivity contribution in [2.24, 2.45) is 17.6 Å². The summed E-state index contributed by atoms with van der Waals surface area (Å²) in [5.74, 6) is 1.17. The van der Waals surface area contributed by atoms with Crippen LogP contribution in [0.4, 0.5) is 5.69 Å². The predicted octanol–water partition coefficient (Wildman–Crippen LogP) is 3.33. The van der Waals surface area contributed by atoms with Gasteiger partial charge in [0.2, 0.25) is 5.91 Å². The van der Waals surface area contributed by atoms with E-state index in [9.17, 15) is 4.79 Å². The van der Waals surface area contributed by atoms with Crippen molar-refractivity contribution in [3.8, 4) is 0 Å². The fourth-order valence-corrected chi connectivity index (χ4v) is 3.06. The Labute approximate surface area is 115 Å². The van der Waals surface area contributed by atoms with Gasteiger partial charge in [-0.1, -0.05) is 13.8 Å². The molecule has 0 radical (unpaired) electrons. The van der Waals surface area contributed by atoms with E-state index in [1.807, 2.05) is 19.1 Å². The Morgan fingerprint density at radius 3 is 2.63 bits per heavy atom. The Kier molecular flexibility index (Phi) is 4.13. The monoisotopic (exact) mass is 260 g/mol. The van der Waals surface area contributed by atoms with Crippen molar-refractivity contribution in [1.82, 2.24) is 0 Å². The molecule has 2 rings (SSSR count). The van der Waals surface area contributed by atoms with Crippen molar-refractivity contribution in [1.29, 1.82) is 0 Å². The number of aryl methyl sites for hydroxylation is 1. The molecular weight excluding hydrogens is 236 g/mol. The number of anilines is 1. The van der Waals surface area contributed by atoms with E-state index in [1.54, 1.807) is 6.07 Å². The molecule has 104 valence electrons. The van der Waals surface area contributed by atoms with E-state index in [1.165, 1.54) is 19.3 Å². The van der Waals surface area contributed by atoms with Crippen molar-refractivity contribution in [2.45, 2.75) is 46.1 Å². The number of benzene rings is 1. The Bertz CT molecular complexity index is 470. The lowest BCUT2D eigenvalue weighted by atomic mass is 9.79. The molecule has 3 unspecified atom stereocenters. The minimum Gasteiger partial charge on any atom is -0.382 e. The first kappa shape index (κ1) is 13.9. The van der Waals surface area contributed by atoms with Crippen molar-refractivity contribution in [3.05, 3.63) is 29.3 Å². The Balaban J connectivity index is 2.09. The molecule has 0 bridgehead atoms. The normalized spacial score (nSPS) is 27.0. The van der Waals surface area contributed by atoms with Crippen LogP contribution in [0.15, 0.2) is 18.2 Å². The first-order chi connectivity index (χ1) is 8.97. The van der Waals surface area contributed by atoms with E-state index in [-0.39, 0.29) is 5.91 Å². The molecule has 3 atom stereocenters. The Hall–Kier alpha value is -1.51. The number of primary amides is 1. The van der Waals surface area contributed by atoms with Gasteiger partial charge in [0.25, 0.3) is 0 Å². The van der Waals surface area contributed by atoms with Gasteiger partial charge in [0, 0.05) is 17.3 Å². The van der Waals surface area contributed by atoms with Crippen LogP contribution < -0.4 is 11.1 Å². The summed E-state index contributed by atoms with van der Waals surface area (Å²) in [6.07, 6.45) is 3.80. The summed E-state index contributed by atoms with van der Waals surface area (Å²) < 4.78 is 0. The molecule has 0 aromatic heterocycles. The van der Waals surface area contributed by atoms with Gasteiger partial charge in [-0.05, 0) is 61.8 Å². The molecule has 1 aromatic carbocycles. The van der Waals surface area contributed by atoms with E-state index in [0.717, 1.165) is 17.2 Å². The van der Waals surface area contributed by atoms with Gasteiger partial charge in [0.15, 0.2) is 0 Å². The Morgan fingerprint density at radius 2 is 2.05 bits per heavy atom. The molecule has 1 aromatic rings. The number of rotatable bonds is 3. The molecule has 1 saturated carbocycles. The molecule has 0 heterocycles. The van der Waals surface area contributed by atoms with Crippen LogP contribution in [0, 0.1) is 18.8 Å². The third-order valence-electron chi connectivity index (χ3n) is 4.28. The van der Waals surface area contributed by atoms with Crippen LogP contribution in [0.1, 0.15) is 49.0 Å². The summed E-state index contributed by atoms with van der Waals surface area (Å²) in [7, 11) is 0.